The number of furan rings is 1. The van der Waals surface area contributed by atoms with Gasteiger partial charge in [-0.05, 0) is 130 Å². The third kappa shape index (κ3) is 6.68. The lowest BCUT2D eigenvalue weighted by molar-refractivity contribution is -0.126. The van der Waals surface area contributed by atoms with Gasteiger partial charge in [-0.25, -0.2) is 0 Å². The van der Waals surface area contributed by atoms with Gasteiger partial charge in [-0.1, -0.05) is 44.6 Å². The number of hydrogen-bond donors (Lipinski definition) is 4. The number of aliphatic hydroxyl groups excluding tert-OH is 3. The van der Waals surface area contributed by atoms with Crippen molar-refractivity contribution in [3.05, 3.63) is 70.7 Å². The number of aliphatic hydroxyl groups is 4. The van der Waals surface area contributed by atoms with Crippen LogP contribution in [0.5, 0.6) is 0 Å². The Morgan fingerprint density at radius 1 is 1.11 bits per heavy atom. The summed E-state index contributed by atoms with van der Waals surface area (Å²) in [5.74, 6) is 1.98. The zero-order valence-electron chi connectivity index (χ0n) is 29.0. The van der Waals surface area contributed by atoms with Crippen LogP contribution in [-0.2, 0) is 6.42 Å². The molecule has 8 rings (SSSR count). The van der Waals surface area contributed by atoms with Gasteiger partial charge >= 0.3 is 0 Å². The van der Waals surface area contributed by atoms with Gasteiger partial charge in [-0.2, -0.15) is 0 Å². The van der Waals surface area contributed by atoms with Crippen LogP contribution in [0.3, 0.4) is 0 Å². The zero-order chi connectivity index (χ0) is 33.6. The molecule has 8 unspecified atom stereocenters. The van der Waals surface area contributed by atoms with Crippen molar-refractivity contribution >= 4 is 5.78 Å². The van der Waals surface area contributed by atoms with Crippen molar-refractivity contribution in [2.24, 2.45) is 28.6 Å². The fourth-order valence-electron chi connectivity index (χ4n) is 10.2. The predicted molar refractivity (Wildman–Crippen MR) is 183 cm³/mol. The first kappa shape index (κ1) is 34.6. The molecule has 4 saturated carbocycles. The van der Waals surface area contributed by atoms with Gasteiger partial charge in [0.15, 0.2) is 5.76 Å². The van der Waals surface area contributed by atoms with Crippen molar-refractivity contribution in [3.63, 3.8) is 0 Å². The average Bonchev–Trinajstić information content (AvgIpc) is 3.66. The number of carbonyl (C=O) groups excluding carboxylic acids is 1. The number of ketones is 1. The maximum absolute atomic E-state index is 14.0. The van der Waals surface area contributed by atoms with E-state index in [-0.39, 0.29) is 24.1 Å². The number of hydrogen-bond acceptors (Lipinski definition) is 7. The second-order valence-electron chi connectivity index (χ2n) is 16.5. The quantitative estimate of drug-likeness (QED) is 0.187. The Labute approximate surface area is 281 Å². The number of carbonyl (C=O) groups is 1. The van der Waals surface area contributed by atoms with Crippen molar-refractivity contribution in [2.75, 3.05) is 26.2 Å². The summed E-state index contributed by atoms with van der Waals surface area (Å²) in [6, 6.07) is 9.47. The van der Waals surface area contributed by atoms with Crippen LogP contribution in [-0.4, -0.2) is 75.2 Å². The first-order chi connectivity index (χ1) is 22.3. The van der Waals surface area contributed by atoms with Crippen molar-refractivity contribution in [3.8, 4) is 0 Å². The molecule has 47 heavy (non-hydrogen) atoms. The van der Waals surface area contributed by atoms with E-state index in [0.717, 1.165) is 49.3 Å². The fraction of sp³-hybridized carbons (Fsp3) is 0.675. The molecule has 0 saturated heterocycles. The van der Waals surface area contributed by atoms with E-state index in [1.54, 1.807) is 12.1 Å². The number of nitrogens with zero attached hydrogens (tertiary/aromatic N) is 1. The van der Waals surface area contributed by atoms with Crippen molar-refractivity contribution < 1.29 is 29.6 Å². The number of fused-ring (bicyclic) bond motifs is 10. The lowest BCUT2D eigenvalue weighted by Crippen LogP contribution is -2.58. The summed E-state index contributed by atoms with van der Waals surface area (Å²) < 4.78 is 5.58. The predicted octanol–water partition coefficient (Wildman–Crippen LogP) is 6.28. The van der Waals surface area contributed by atoms with E-state index in [0.29, 0.717) is 55.2 Å². The number of rotatable bonds is 9. The van der Waals surface area contributed by atoms with E-state index in [9.17, 15) is 25.2 Å². The lowest BCUT2D eigenvalue weighted by Gasteiger charge is -2.61. The third-order valence-corrected chi connectivity index (χ3v) is 13.3. The minimum Gasteiger partial charge on any atom is -0.461 e. The first-order valence-corrected chi connectivity index (χ1v) is 18.1. The Morgan fingerprint density at radius 3 is 2.62 bits per heavy atom. The molecular formula is C40H57NO6. The van der Waals surface area contributed by atoms with Crippen molar-refractivity contribution in [2.45, 2.75) is 116 Å². The van der Waals surface area contributed by atoms with Gasteiger partial charge in [0.05, 0.1) is 30.7 Å². The van der Waals surface area contributed by atoms with Gasteiger partial charge in [0.1, 0.15) is 0 Å². The highest BCUT2D eigenvalue weighted by molar-refractivity contribution is 6.08. The summed E-state index contributed by atoms with van der Waals surface area (Å²) >= 11 is 0. The van der Waals surface area contributed by atoms with Crippen LogP contribution in [0.15, 0.2) is 52.7 Å². The van der Waals surface area contributed by atoms with Crippen LogP contribution in [0.4, 0.5) is 0 Å². The number of allylic oxidation sites excluding steroid dienone is 2. The minimum absolute atomic E-state index is 0.0809. The molecule has 8 atom stereocenters. The molecule has 0 radical (unpaired) electrons. The lowest BCUT2D eigenvalue weighted by atomic mass is 9.45. The second kappa shape index (κ2) is 13.5. The zero-order valence-corrected chi connectivity index (χ0v) is 29.0. The second-order valence-corrected chi connectivity index (χ2v) is 16.5. The molecule has 6 aliphatic carbocycles. The van der Waals surface area contributed by atoms with Gasteiger partial charge in [0.25, 0.3) is 0 Å². The van der Waals surface area contributed by atoms with Gasteiger partial charge in [0.2, 0.25) is 5.78 Å². The Balaban J connectivity index is 1.37. The van der Waals surface area contributed by atoms with Crippen LogP contribution < -0.4 is 0 Å². The Hall–Kier alpha value is -2.29. The molecule has 0 aliphatic heterocycles. The molecule has 4 N–H and O–H groups in total. The topological polar surface area (TPSA) is 114 Å². The van der Waals surface area contributed by atoms with Gasteiger partial charge in [0, 0.05) is 30.6 Å². The van der Waals surface area contributed by atoms with Crippen molar-refractivity contribution in [1.29, 1.82) is 0 Å². The van der Waals surface area contributed by atoms with E-state index >= 15 is 0 Å². The number of benzene rings is 1. The summed E-state index contributed by atoms with van der Waals surface area (Å²) in [5.41, 5.74) is 2.38. The standard InChI is InChI=1S/C40H57NO6/c1-26-7-5-16-39(4)34(32-14-10-27(19-30(43)13-9-26)20-33(32)37(45)36-8-6-18-47-36)15-17-40(39,46)25-41(23-31(44)24-42)22-28-11-12-29-21-35(28)38(29,2)3/h6-8,10,14,18,20,28-31,34-35,42-44,46H,5,9,11-13,15-17,19,21-25H2,1-4H3. The molecule has 2 aromatic rings. The molecular weight excluding hydrogens is 590 g/mol. The highest BCUT2D eigenvalue weighted by Gasteiger charge is 2.58. The summed E-state index contributed by atoms with van der Waals surface area (Å²) in [7, 11) is 0. The molecule has 7 heteroatoms. The smallest absolute Gasteiger partial charge is 0.228 e. The Kier molecular flexibility index (Phi) is 9.97. The van der Waals surface area contributed by atoms with Gasteiger partial charge < -0.3 is 24.8 Å². The minimum atomic E-state index is -1.07. The molecule has 4 bridgehead atoms. The summed E-state index contributed by atoms with van der Waals surface area (Å²) in [5, 5.41) is 44.4. The highest BCUT2D eigenvalue weighted by Crippen LogP contribution is 2.62. The largest absolute Gasteiger partial charge is 0.461 e. The summed E-state index contributed by atoms with van der Waals surface area (Å²) in [6.07, 6.45) is 10.9. The van der Waals surface area contributed by atoms with Crippen LogP contribution >= 0.6 is 0 Å². The van der Waals surface area contributed by atoms with Crippen molar-refractivity contribution in [1.82, 2.24) is 4.90 Å². The van der Waals surface area contributed by atoms with E-state index in [1.807, 2.05) is 12.1 Å². The van der Waals surface area contributed by atoms with Gasteiger partial charge in [-0.3, -0.25) is 9.69 Å². The average molecular weight is 648 g/mol. The molecule has 0 amide bonds. The molecule has 4 fully saturated rings. The van der Waals surface area contributed by atoms with E-state index < -0.39 is 23.2 Å². The normalized spacial score (nSPS) is 34.3. The molecule has 258 valence electrons. The van der Waals surface area contributed by atoms with E-state index in [2.05, 4.69) is 44.7 Å². The maximum atomic E-state index is 14.0. The van der Waals surface area contributed by atoms with Crippen LogP contribution in [0, 0.1) is 28.6 Å². The Bertz CT molecular complexity index is 1430. The van der Waals surface area contributed by atoms with Gasteiger partial charge in [-0.15, -0.1) is 0 Å². The summed E-state index contributed by atoms with van der Waals surface area (Å²) in [6.45, 7) is 10.4. The van der Waals surface area contributed by atoms with E-state index in [4.69, 9.17) is 4.42 Å². The maximum Gasteiger partial charge on any atom is 0.228 e. The van der Waals surface area contributed by atoms with Crippen LogP contribution in [0.1, 0.15) is 119 Å². The monoisotopic (exact) mass is 647 g/mol. The molecule has 1 heterocycles. The fourth-order valence-corrected chi connectivity index (χ4v) is 10.2. The summed E-state index contributed by atoms with van der Waals surface area (Å²) in [4.78, 5) is 16.2. The molecule has 0 spiro atoms. The molecule has 1 aromatic carbocycles. The van der Waals surface area contributed by atoms with Crippen LogP contribution in [0.2, 0.25) is 0 Å². The Morgan fingerprint density at radius 2 is 1.91 bits per heavy atom. The highest BCUT2D eigenvalue weighted by atomic mass is 16.3. The SMILES string of the molecule is CC1=CCCC2(C)C(CCC2(O)CN(CC(O)CO)CC2CCC3CC2C3(C)C)c2ccc(cc2C(=O)c2ccco2)CC(O)CC1. The molecule has 6 aliphatic rings. The third-order valence-electron chi connectivity index (χ3n) is 13.3. The van der Waals surface area contributed by atoms with E-state index in [1.165, 1.54) is 31.1 Å². The molecule has 7 nitrogen and oxygen atoms in total. The first-order valence-electron chi connectivity index (χ1n) is 18.1. The van der Waals surface area contributed by atoms with Crippen LogP contribution in [0.25, 0.3) is 0 Å². The molecule has 1 aromatic heterocycles.